The first-order chi connectivity index (χ1) is 11.8. The molecule has 4 nitrogen and oxygen atoms in total. The van der Waals surface area contributed by atoms with Crippen LogP contribution in [0.5, 0.6) is 5.75 Å². The first-order valence-corrected chi connectivity index (χ1v) is 8.01. The average molecular weight is 319 g/mol. The molecule has 24 heavy (non-hydrogen) atoms. The predicted molar refractivity (Wildman–Crippen MR) is 94.5 cm³/mol. The molecule has 0 atom stereocenters. The lowest BCUT2D eigenvalue weighted by molar-refractivity contribution is 0.300. The lowest BCUT2D eigenvalue weighted by Crippen LogP contribution is -2.15. The zero-order chi connectivity index (χ0) is 16.4. The molecule has 120 valence electrons. The van der Waals surface area contributed by atoms with Gasteiger partial charge >= 0.3 is 5.76 Å². The second-order valence-corrected chi connectivity index (χ2v) is 5.70. The molecule has 0 aliphatic heterocycles. The molecule has 4 heteroatoms. The van der Waals surface area contributed by atoms with Crippen LogP contribution >= 0.6 is 0 Å². The lowest BCUT2D eigenvalue weighted by atomic mass is 10.1. The summed E-state index contributed by atoms with van der Waals surface area (Å²) in [7, 11) is 0. The van der Waals surface area contributed by atoms with Gasteiger partial charge in [0.05, 0.1) is 12.1 Å². The third kappa shape index (κ3) is 2.78. The SMILES string of the molecule is O=c1oc2ccccc2n1CCCOc1ccc2ccccc2c1. The molecule has 0 fully saturated rings. The number of nitrogens with zero attached hydrogens (tertiary/aromatic N) is 1. The van der Waals surface area contributed by atoms with Crippen LogP contribution in [0.3, 0.4) is 0 Å². The van der Waals surface area contributed by atoms with E-state index in [1.54, 1.807) is 10.6 Å². The van der Waals surface area contributed by atoms with Crippen LogP contribution in [0.1, 0.15) is 6.42 Å². The second kappa shape index (κ2) is 6.24. The molecule has 1 aromatic heterocycles. The van der Waals surface area contributed by atoms with Crippen molar-refractivity contribution < 1.29 is 9.15 Å². The fourth-order valence-corrected chi connectivity index (χ4v) is 2.90. The molecule has 4 rings (SSSR count). The van der Waals surface area contributed by atoms with Gasteiger partial charge in [0.15, 0.2) is 5.58 Å². The largest absolute Gasteiger partial charge is 0.494 e. The Bertz CT molecular complexity index is 1050. The maximum absolute atomic E-state index is 11.9. The van der Waals surface area contributed by atoms with Gasteiger partial charge in [-0.05, 0) is 41.5 Å². The number of hydrogen-bond donors (Lipinski definition) is 0. The quantitative estimate of drug-likeness (QED) is 0.517. The first-order valence-electron chi connectivity index (χ1n) is 8.01. The number of fused-ring (bicyclic) bond motifs is 2. The summed E-state index contributed by atoms with van der Waals surface area (Å²) in [5.41, 5.74) is 1.45. The third-order valence-electron chi connectivity index (χ3n) is 4.09. The third-order valence-corrected chi connectivity index (χ3v) is 4.09. The van der Waals surface area contributed by atoms with Gasteiger partial charge in [-0.15, -0.1) is 0 Å². The Labute approximate surface area is 138 Å². The molecule has 3 aromatic carbocycles. The van der Waals surface area contributed by atoms with E-state index in [0.717, 1.165) is 23.1 Å². The van der Waals surface area contributed by atoms with E-state index in [9.17, 15) is 4.79 Å². The fraction of sp³-hybridized carbons (Fsp3) is 0.150. The van der Waals surface area contributed by atoms with E-state index in [4.69, 9.17) is 9.15 Å². The Balaban J connectivity index is 1.41. The second-order valence-electron chi connectivity index (χ2n) is 5.70. The minimum Gasteiger partial charge on any atom is -0.494 e. The van der Waals surface area contributed by atoms with Crippen LogP contribution in [-0.4, -0.2) is 11.2 Å². The molecule has 0 unspecified atom stereocenters. The minimum absolute atomic E-state index is 0.318. The van der Waals surface area contributed by atoms with Gasteiger partial charge in [-0.2, -0.15) is 0 Å². The number of oxazole rings is 1. The normalized spacial score (nSPS) is 11.2. The Hall–Kier alpha value is -3.01. The number of aromatic nitrogens is 1. The molecule has 0 saturated heterocycles. The van der Waals surface area contributed by atoms with Gasteiger partial charge in [-0.3, -0.25) is 4.57 Å². The van der Waals surface area contributed by atoms with Gasteiger partial charge in [0.1, 0.15) is 5.75 Å². The summed E-state index contributed by atoms with van der Waals surface area (Å²) in [6.07, 6.45) is 0.732. The molecule has 4 aromatic rings. The highest BCUT2D eigenvalue weighted by Crippen LogP contribution is 2.20. The van der Waals surface area contributed by atoms with E-state index < -0.39 is 0 Å². The first kappa shape index (κ1) is 14.6. The smallest absolute Gasteiger partial charge is 0.419 e. The molecular weight excluding hydrogens is 302 g/mol. The molecule has 0 radical (unpaired) electrons. The zero-order valence-corrected chi connectivity index (χ0v) is 13.1. The standard InChI is InChI=1S/C20H17NO3/c22-20-21(18-8-3-4-9-19(18)24-20)12-5-13-23-17-11-10-15-6-1-2-7-16(15)14-17/h1-4,6-11,14H,5,12-13H2. The van der Waals surface area contributed by atoms with E-state index in [1.165, 1.54) is 5.39 Å². The molecule has 0 N–H and O–H groups in total. The molecular formula is C20H17NO3. The predicted octanol–water partition coefficient (Wildman–Crippen LogP) is 4.22. The minimum atomic E-state index is -0.318. The number of rotatable bonds is 5. The summed E-state index contributed by atoms with van der Waals surface area (Å²) in [4.78, 5) is 11.9. The topological polar surface area (TPSA) is 44.4 Å². The van der Waals surface area contributed by atoms with Crippen LogP contribution in [0, 0.1) is 0 Å². The summed E-state index contributed by atoms with van der Waals surface area (Å²) in [6, 6.07) is 21.7. The van der Waals surface area contributed by atoms with E-state index in [1.807, 2.05) is 42.5 Å². The van der Waals surface area contributed by atoms with E-state index in [-0.39, 0.29) is 5.76 Å². The van der Waals surface area contributed by atoms with Gasteiger partial charge in [0.25, 0.3) is 0 Å². The summed E-state index contributed by atoms with van der Waals surface area (Å²) < 4.78 is 12.7. The lowest BCUT2D eigenvalue weighted by Gasteiger charge is -2.07. The van der Waals surface area contributed by atoms with Crippen molar-refractivity contribution in [1.82, 2.24) is 4.57 Å². The summed E-state index contributed by atoms with van der Waals surface area (Å²) in [5.74, 6) is 0.528. The highest BCUT2D eigenvalue weighted by Gasteiger charge is 2.07. The molecule has 0 aliphatic carbocycles. The Kier molecular flexibility index (Phi) is 3.79. The fourth-order valence-electron chi connectivity index (χ4n) is 2.90. The number of benzene rings is 3. The summed E-state index contributed by atoms with van der Waals surface area (Å²) in [6.45, 7) is 1.12. The van der Waals surface area contributed by atoms with E-state index in [2.05, 4.69) is 18.2 Å². The molecule has 0 aliphatic rings. The maximum atomic E-state index is 11.9. The van der Waals surface area contributed by atoms with Crippen LogP contribution in [0.15, 0.2) is 75.9 Å². The van der Waals surface area contributed by atoms with Gasteiger partial charge in [-0.25, -0.2) is 4.79 Å². The van der Waals surface area contributed by atoms with Crippen LogP contribution in [0.2, 0.25) is 0 Å². The maximum Gasteiger partial charge on any atom is 0.419 e. The van der Waals surface area contributed by atoms with Crippen molar-refractivity contribution in [2.45, 2.75) is 13.0 Å². The van der Waals surface area contributed by atoms with Crippen molar-refractivity contribution in [3.63, 3.8) is 0 Å². The van der Waals surface area contributed by atoms with Crippen LogP contribution in [0.25, 0.3) is 21.9 Å². The van der Waals surface area contributed by atoms with Gasteiger partial charge in [-0.1, -0.05) is 42.5 Å². The average Bonchev–Trinajstić information content (AvgIpc) is 2.94. The highest BCUT2D eigenvalue weighted by atomic mass is 16.5. The highest BCUT2D eigenvalue weighted by molar-refractivity contribution is 5.83. The van der Waals surface area contributed by atoms with E-state index >= 15 is 0 Å². The van der Waals surface area contributed by atoms with Crippen molar-refractivity contribution in [1.29, 1.82) is 0 Å². The Morgan fingerprint density at radius 3 is 2.62 bits per heavy atom. The monoisotopic (exact) mass is 319 g/mol. The van der Waals surface area contributed by atoms with Crippen molar-refractivity contribution >= 4 is 21.9 Å². The molecule has 0 saturated carbocycles. The molecule has 0 bridgehead atoms. The van der Waals surface area contributed by atoms with E-state index in [0.29, 0.717) is 18.7 Å². The van der Waals surface area contributed by atoms with Crippen molar-refractivity contribution in [2.24, 2.45) is 0 Å². The van der Waals surface area contributed by atoms with Crippen LogP contribution in [0.4, 0.5) is 0 Å². The van der Waals surface area contributed by atoms with Gasteiger partial charge < -0.3 is 9.15 Å². The Morgan fingerprint density at radius 1 is 0.917 bits per heavy atom. The van der Waals surface area contributed by atoms with Crippen LogP contribution in [-0.2, 0) is 6.54 Å². The number of para-hydroxylation sites is 2. The molecule has 1 heterocycles. The van der Waals surface area contributed by atoms with Crippen molar-refractivity contribution in [2.75, 3.05) is 6.61 Å². The number of ether oxygens (including phenoxy) is 1. The van der Waals surface area contributed by atoms with Gasteiger partial charge in [0, 0.05) is 6.54 Å². The molecule has 0 amide bonds. The van der Waals surface area contributed by atoms with Crippen LogP contribution < -0.4 is 10.5 Å². The summed E-state index contributed by atoms with van der Waals surface area (Å²) in [5, 5.41) is 2.35. The van der Waals surface area contributed by atoms with Crippen molar-refractivity contribution in [3.05, 3.63) is 77.3 Å². The van der Waals surface area contributed by atoms with Gasteiger partial charge in [0.2, 0.25) is 0 Å². The zero-order valence-electron chi connectivity index (χ0n) is 13.1. The number of hydrogen-bond acceptors (Lipinski definition) is 3. The Morgan fingerprint density at radius 2 is 1.71 bits per heavy atom. The van der Waals surface area contributed by atoms with Crippen molar-refractivity contribution in [3.8, 4) is 5.75 Å². The molecule has 0 spiro atoms. The number of aryl methyl sites for hydroxylation is 1. The summed E-state index contributed by atoms with van der Waals surface area (Å²) >= 11 is 0.